The number of rotatable bonds is 1. The van der Waals surface area contributed by atoms with Crippen molar-refractivity contribution in [2.45, 2.75) is 50.7 Å². The van der Waals surface area contributed by atoms with E-state index in [0.717, 1.165) is 43.5 Å². The number of hydrogen-bond donors (Lipinski definition) is 2. The second kappa shape index (κ2) is 5.96. The molecule has 4 bridgehead atoms. The Morgan fingerprint density at radius 2 is 1.63 bits per heavy atom. The smallest absolute Gasteiger partial charge is 0.322 e. The molecule has 1 aromatic rings. The van der Waals surface area contributed by atoms with Crippen molar-refractivity contribution in [1.82, 2.24) is 5.32 Å². The van der Waals surface area contributed by atoms with Gasteiger partial charge in [0.25, 0.3) is 0 Å². The fourth-order valence-corrected chi connectivity index (χ4v) is 6.34. The van der Waals surface area contributed by atoms with Crippen LogP contribution in [0.5, 0.6) is 0 Å². The van der Waals surface area contributed by atoms with Gasteiger partial charge in [0.1, 0.15) is 0 Å². The minimum absolute atomic E-state index is 0.00297. The van der Waals surface area contributed by atoms with Crippen LogP contribution in [-0.4, -0.2) is 41.8 Å². The van der Waals surface area contributed by atoms with E-state index in [4.69, 9.17) is 0 Å². The molecule has 0 aromatic heterocycles. The zero-order chi connectivity index (χ0) is 18.8. The number of anilines is 2. The summed E-state index contributed by atoms with van der Waals surface area (Å²) in [6.07, 6.45) is 4.83. The first kappa shape index (κ1) is 17.0. The minimum atomic E-state index is -0.489. The zero-order valence-electron chi connectivity index (χ0n) is 15.7. The van der Waals surface area contributed by atoms with E-state index < -0.39 is 5.60 Å². The first-order valence-electron chi connectivity index (χ1n) is 10.1. The molecule has 1 aliphatic heterocycles. The van der Waals surface area contributed by atoms with E-state index in [1.807, 2.05) is 24.3 Å². The summed E-state index contributed by atoms with van der Waals surface area (Å²) in [4.78, 5) is 28.6. The number of aliphatic hydroxyl groups is 1. The molecule has 27 heavy (non-hydrogen) atoms. The summed E-state index contributed by atoms with van der Waals surface area (Å²) in [7, 11) is 0. The average molecular weight is 369 g/mol. The normalized spacial score (nSPS) is 36.5. The Balaban J connectivity index is 1.36. The van der Waals surface area contributed by atoms with Gasteiger partial charge in [-0.3, -0.25) is 9.69 Å². The highest BCUT2D eigenvalue weighted by molar-refractivity contribution is 6.03. The van der Waals surface area contributed by atoms with Crippen LogP contribution >= 0.6 is 0 Å². The third kappa shape index (κ3) is 2.73. The number of fused-ring (bicyclic) bond motifs is 1. The van der Waals surface area contributed by atoms with Crippen LogP contribution in [-0.2, 0) is 4.79 Å². The Morgan fingerprint density at radius 3 is 2.22 bits per heavy atom. The number of para-hydroxylation sites is 2. The lowest BCUT2D eigenvalue weighted by Gasteiger charge is -2.58. The summed E-state index contributed by atoms with van der Waals surface area (Å²) in [6, 6.07) is 7.69. The first-order chi connectivity index (χ1) is 12.9. The molecular formula is C21H27N3O3. The van der Waals surface area contributed by atoms with E-state index in [1.54, 1.807) is 16.7 Å². The Bertz CT molecular complexity index is 779. The number of hydrogen-bond acceptors (Lipinski definition) is 3. The third-order valence-corrected chi connectivity index (χ3v) is 7.17. The van der Waals surface area contributed by atoms with Gasteiger partial charge in [0.15, 0.2) is 0 Å². The summed E-state index contributed by atoms with van der Waals surface area (Å²) >= 11 is 0. The molecule has 4 saturated carbocycles. The summed E-state index contributed by atoms with van der Waals surface area (Å²) in [5.41, 5.74) is 1.10. The highest BCUT2D eigenvalue weighted by atomic mass is 16.3. The van der Waals surface area contributed by atoms with Crippen molar-refractivity contribution in [2.75, 3.05) is 22.9 Å². The van der Waals surface area contributed by atoms with Gasteiger partial charge >= 0.3 is 6.03 Å². The molecule has 0 spiro atoms. The summed E-state index contributed by atoms with van der Waals surface area (Å²) in [6.45, 7) is 2.57. The Hall–Kier alpha value is -2.08. The molecule has 0 radical (unpaired) electrons. The molecule has 144 valence electrons. The van der Waals surface area contributed by atoms with Crippen LogP contribution < -0.4 is 15.1 Å². The van der Waals surface area contributed by atoms with E-state index >= 15 is 0 Å². The van der Waals surface area contributed by atoms with Crippen LogP contribution in [0.15, 0.2) is 24.3 Å². The fraction of sp³-hybridized carbons (Fsp3) is 0.619. The number of amides is 3. The number of nitrogens with one attached hydrogen (secondary N) is 1. The van der Waals surface area contributed by atoms with Gasteiger partial charge in [0, 0.05) is 26.1 Å². The van der Waals surface area contributed by atoms with Crippen LogP contribution in [0.4, 0.5) is 16.2 Å². The van der Waals surface area contributed by atoms with E-state index in [2.05, 4.69) is 5.32 Å². The number of nitrogens with zero attached hydrogens (tertiary/aromatic N) is 2. The largest absolute Gasteiger partial charge is 0.390 e. The fourth-order valence-electron chi connectivity index (χ4n) is 6.34. The Kier molecular flexibility index (Phi) is 3.76. The molecule has 0 saturated heterocycles. The summed E-state index contributed by atoms with van der Waals surface area (Å²) < 4.78 is 0. The maximum Gasteiger partial charge on any atom is 0.322 e. The quantitative estimate of drug-likeness (QED) is 0.799. The van der Waals surface area contributed by atoms with Crippen molar-refractivity contribution >= 4 is 23.3 Å². The first-order valence-corrected chi connectivity index (χ1v) is 10.1. The van der Waals surface area contributed by atoms with E-state index in [0.29, 0.717) is 30.8 Å². The minimum Gasteiger partial charge on any atom is -0.390 e. The van der Waals surface area contributed by atoms with Gasteiger partial charge in [-0.25, -0.2) is 4.79 Å². The summed E-state index contributed by atoms with van der Waals surface area (Å²) in [5.74, 6) is 1.40. The van der Waals surface area contributed by atoms with E-state index in [1.165, 1.54) is 0 Å². The molecule has 4 fully saturated rings. The molecule has 5 aliphatic rings. The van der Waals surface area contributed by atoms with Gasteiger partial charge in [0.05, 0.1) is 17.0 Å². The van der Waals surface area contributed by atoms with Crippen LogP contribution in [0.1, 0.15) is 39.0 Å². The molecule has 6 nitrogen and oxygen atoms in total. The molecule has 2 unspecified atom stereocenters. The lowest BCUT2D eigenvalue weighted by Crippen LogP contribution is -2.63. The van der Waals surface area contributed by atoms with Crippen LogP contribution in [0.25, 0.3) is 0 Å². The standard InChI is InChI=1S/C21H27N3O3/c1-13(25)23-6-7-24(18-5-3-2-4-17(18)23)20(26)22-19-15-8-14-9-16(19)12-21(27,10-14)11-15/h2-5,14-16,19,27H,6-12H2,1H3,(H,22,26)/t14?,15?,16?,19-,21-. The van der Waals surface area contributed by atoms with Crippen molar-refractivity contribution in [3.8, 4) is 0 Å². The van der Waals surface area contributed by atoms with Gasteiger partial charge < -0.3 is 15.3 Å². The maximum absolute atomic E-state index is 13.2. The van der Waals surface area contributed by atoms with E-state index in [-0.39, 0.29) is 18.0 Å². The molecule has 2 N–H and O–H groups in total. The van der Waals surface area contributed by atoms with Crippen molar-refractivity contribution in [3.05, 3.63) is 24.3 Å². The molecule has 3 amide bonds. The summed E-state index contributed by atoms with van der Waals surface area (Å²) in [5, 5.41) is 14.1. The predicted octanol–water partition coefficient (Wildman–Crippen LogP) is 2.51. The van der Waals surface area contributed by atoms with Crippen molar-refractivity contribution < 1.29 is 14.7 Å². The number of carbonyl (C=O) groups excluding carboxylic acids is 2. The lowest BCUT2D eigenvalue weighted by atomic mass is 9.52. The molecular weight excluding hydrogens is 342 g/mol. The van der Waals surface area contributed by atoms with Gasteiger partial charge in [-0.2, -0.15) is 0 Å². The highest BCUT2D eigenvalue weighted by Crippen LogP contribution is 2.55. The van der Waals surface area contributed by atoms with Crippen molar-refractivity contribution in [2.24, 2.45) is 17.8 Å². The number of urea groups is 1. The van der Waals surface area contributed by atoms with Gasteiger partial charge in [-0.15, -0.1) is 0 Å². The molecule has 4 aliphatic carbocycles. The Morgan fingerprint density at radius 1 is 1.04 bits per heavy atom. The topological polar surface area (TPSA) is 72.9 Å². The highest BCUT2D eigenvalue weighted by Gasteiger charge is 2.55. The average Bonchev–Trinajstić information content (AvgIpc) is 2.62. The van der Waals surface area contributed by atoms with Crippen LogP contribution in [0, 0.1) is 17.8 Å². The van der Waals surface area contributed by atoms with Gasteiger partial charge in [0.2, 0.25) is 5.91 Å². The number of benzene rings is 1. The van der Waals surface area contributed by atoms with Gasteiger partial charge in [-0.1, -0.05) is 12.1 Å². The van der Waals surface area contributed by atoms with Crippen molar-refractivity contribution in [3.63, 3.8) is 0 Å². The van der Waals surface area contributed by atoms with Crippen LogP contribution in [0.3, 0.4) is 0 Å². The van der Waals surface area contributed by atoms with E-state index in [9.17, 15) is 14.7 Å². The second-order valence-electron chi connectivity index (χ2n) is 8.98. The van der Waals surface area contributed by atoms with Gasteiger partial charge in [-0.05, 0) is 62.0 Å². The maximum atomic E-state index is 13.2. The third-order valence-electron chi connectivity index (χ3n) is 7.17. The predicted molar refractivity (Wildman–Crippen MR) is 103 cm³/mol. The molecule has 1 heterocycles. The molecule has 6 heteroatoms. The van der Waals surface area contributed by atoms with Crippen LogP contribution in [0.2, 0.25) is 0 Å². The lowest BCUT2D eigenvalue weighted by molar-refractivity contribution is -0.136. The van der Waals surface area contributed by atoms with Crippen molar-refractivity contribution in [1.29, 1.82) is 0 Å². The Labute approximate surface area is 159 Å². The second-order valence-corrected chi connectivity index (χ2v) is 8.98. The molecule has 2 atom stereocenters. The monoisotopic (exact) mass is 369 g/mol. The molecule has 1 aromatic carbocycles. The molecule has 6 rings (SSSR count). The number of carbonyl (C=O) groups is 2. The SMILES string of the molecule is CC(=O)N1CCN(C(=O)N[C@H]2C3CC4CC2C[C@](O)(C4)C3)c2ccccc21. The zero-order valence-corrected chi connectivity index (χ0v) is 15.7.